The lowest BCUT2D eigenvalue weighted by Crippen LogP contribution is -2.37. The molecule has 138 valence electrons. The second-order valence-electron chi connectivity index (χ2n) is 7.58. The first-order valence-corrected chi connectivity index (χ1v) is 9.40. The van der Waals surface area contributed by atoms with Crippen LogP contribution >= 0.6 is 0 Å². The average Bonchev–Trinajstić information content (AvgIpc) is 3.47. The topological polar surface area (TPSA) is 73.0 Å². The summed E-state index contributed by atoms with van der Waals surface area (Å²) in [5, 5.41) is 0. The van der Waals surface area contributed by atoms with Gasteiger partial charge in [-0.3, -0.25) is 18.8 Å². The van der Waals surface area contributed by atoms with E-state index < -0.39 is 0 Å². The fourth-order valence-electron chi connectivity index (χ4n) is 3.68. The molecule has 2 aliphatic rings. The molecular weight excluding hydrogens is 330 g/mol. The van der Waals surface area contributed by atoms with Gasteiger partial charge in [-0.05, 0) is 50.8 Å². The maximum atomic E-state index is 12.3. The van der Waals surface area contributed by atoms with Crippen LogP contribution in [0.1, 0.15) is 43.0 Å². The van der Waals surface area contributed by atoms with Crippen molar-refractivity contribution in [2.24, 2.45) is 13.0 Å². The summed E-state index contributed by atoms with van der Waals surface area (Å²) in [5.41, 5.74) is 1.82. The van der Waals surface area contributed by atoms with Crippen molar-refractivity contribution in [3.8, 4) is 0 Å². The summed E-state index contributed by atoms with van der Waals surface area (Å²) in [5.74, 6) is 1.02. The van der Waals surface area contributed by atoms with Gasteiger partial charge >= 0.3 is 5.69 Å². The van der Waals surface area contributed by atoms with Gasteiger partial charge in [0.1, 0.15) is 0 Å². The number of hydrogen-bond donors (Lipinski definition) is 0. The highest BCUT2D eigenvalue weighted by Gasteiger charge is 2.26. The lowest BCUT2D eigenvalue weighted by atomic mass is 9.96. The zero-order valence-corrected chi connectivity index (χ0v) is 15.2. The molecule has 2 fully saturated rings. The Morgan fingerprint density at radius 3 is 2.58 bits per heavy atom. The second kappa shape index (κ2) is 7.15. The number of piperidine rings is 1. The van der Waals surface area contributed by atoms with Crippen LogP contribution in [0.15, 0.2) is 34.2 Å². The molecule has 1 saturated carbocycles. The monoisotopic (exact) mass is 355 g/mol. The standard InChI is InChI=1S/C19H25N5O2/c1-22-16(4-7-20-19(22)26)12-23-8-5-14(6-9-23)11-24-13-21-17(10-18(24)25)15-2-3-15/h4,7,10,13-15H,2-3,5-6,8-9,11-12H2,1H3. The van der Waals surface area contributed by atoms with Gasteiger partial charge < -0.3 is 0 Å². The number of aromatic nitrogens is 4. The van der Waals surface area contributed by atoms with E-state index in [4.69, 9.17) is 0 Å². The zero-order valence-electron chi connectivity index (χ0n) is 15.2. The van der Waals surface area contributed by atoms with Crippen molar-refractivity contribution in [2.75, 3.05) is 13.1 Å². The SMILES string of the molecule is Cn1c(CN2CCC(Cn3cnc(C4CC4)cc3=O)CC2)ccnc1=O. The quantitative estimate of drug-likeness (QED) is 0.804. The van der Waals surface area contributed by atoms with Crippen LogP contribution in [-0.4, -0.2) is 37.1 Å². The minimum Gasteiger partial charge on any atom is -0.299 e. The first kappa shape index (κ1) is 17.1. The van der Waals surface area contributed by atoms with Crippen molar-refractivity contribution < 1.29 is 0 Å². The van der Waals surface area contributed by atoms with Gasteiger partial charge in [0, 0.05) is 44.0 Å². The van der Waals surface area contributed by atoms with Gasteiger partial charge in [0.2, 0.25) is 0 Å². The normalized spacial score (nSPS) is 19.0. The second-order valence-corrected chi connectivity index (χ2v) is 7.58. The highest BCUT2D eigenvalue weighted by molar-refractivity contribution is 5.12. The molecule has 26 heavy (non-hydrogen) atoms. The van der Waals surface area contributed by atoms with Gasteiger partial charge in [0.15, 0.2) is 0 Å². The maximum Gasteiger partial charge on any atom is 0.347 e. The molecule has 4 rings (SSSR count). The summed E-state index contributed by atoms with van der Waals surface area (Å²) >= 11 is 0. The lowest BCUT2D eigenvalue weighted by molar-refractivity contribution is 0.163. The summed E-state index contributed by atoms with van der Waals surface area (Å²) in [6.45, 7) is 3.46. The third-order valence-corrected chi connectivity index (χ3v) is 5.61. The molecule has 2 aromatic rings. The summed E-state index contributed by atoms with van der Waals surface area (Å²) in [7, 11) is 1.77. The molecule has 3 heterocycles. The van der Waals surface area contributed by atoms with Crippen LogP contribution in [0.2, 0.25) is 0 Å². The van der Waals surface area contributed by atoms with E-state index in [-0.39, 0.29) is 11.2 Å². The highest BCUT2D eigenvalue weighted by Crippen LogP contribution is 2.38. The third kappa shape index (κ3) is 3.77. The van der Waals surface area contributed by atoms with E-state index in [1.165, 1.54) is 0 Å². The van der Waals surface area contributed by atoms with Gasteiger partial charge in [0.25, 0.3) is 5.56 Å². The van der Waals surface area contributed by atoms with E-state index in [2.05, 4.69) is 14.9 Å². The molecule has 0 aromatic carbocycles. The zero-order chi connectivity index (χ0) is 18.1. The summed E-state index contributed by atoms with van der Waals surface area (Å²) in [6, 6.07) is 3.62. The molecule has 1 aliphatic heterocycles. The van der Waals surface area contributed by atoms with Gasteiger partial charge in [-0.2, -0.15) is 0 Å². The van der Waals surface area contributed by atoms with Crippen molar-refractivity contribution in [3.63, 3.8) is 0 Å². The molecule has 7 nitrogen and oxygen atoms in total. The third-order valence-electron chi connectivity index (χ3n) is 5.61. The molecule has 1 saturated heterocycles. The van der Waals surface area contributed by atoms with Gasteiger partial charge in [-0.15, -0.1) is 0 Å². The van der Waals surface area contributed by atoms with Crippen LogP contribution in [0, 0.1) is 5.92 Å². The molecule has 0 unspecified atom stereocenters. The number of likely N-dealkylation sites (tertiary alicyclic amines) is 1. The Balaban J connectivity index is 1.33. The Bertz CT molecular complexity index is 891. The molecule has 0 spiro atoms. The van der Waals surface area contributed by atoms with Crippen molar-refractivity contribution in [1.82, 2.24) is 24.0 Å². The largest absolute Gasteiger partial charge is 0.347 e. The average molecular weight is 355 g/mol. The molecule has 0 atom stereocenters. The molecule has 0 amide bonds. The molecule has 1 aliphatic carbocycles. The number of rotatable bonds is 5. The molecule has 0 bridgehead atoms. The fourth-order valence-corrected chi connectivity index (χ4v) is 3.68. The number of hydrogen-bond acceptors (Lipinski definition) is 5. The fraction of sp³-hybridized carbons (Fsp3) is 0.579. The van der Waals surface area contributed by atoms with E-state index in [0.717, 1.165) is 63.3 Å². The molecule has 7 heteroatoms. The molecular formula is C19H25N5O2. The summed E-state index contributed by atoms with van der Waals surface area (Å²) in [6.07, 6.45) is 7.74. The smallest absolute Gasteiger partial charge is 0.299 e. The number of nitrogens with zero attached hydrogens (tertiary/aromatic N) is 5. The Morgan fingerprint density at radius 1 is 1.12 bits per heavy atom. The van der Waals surface area contributed by atoms with E-state index >= 15 is 0 Å². The van der Waals surface area contributed by atoms with Crippen molar-refractivity contribution in [1.29, 1.82) is 0 Å². The van der Waals surface area contributed by atoms with Crippen molar-refractivity contribution in [2.45, 2.75) is 44.7 Å². The maximum absolute atomic E-state index is 12.3. The minimum atomic E-state index is -0.209. The van der Waals surface area contributed by atoms with Crippen molar-refractivity contribution in [3.05, 3.63) is 56.9 Å². The van der Waals surface area contributed by atoms with Crippen molar-refractivity contribution >= 4 is 0 Å². The first-order valence-electron chi connectivity index (χ1n) is 9.40. The van der Waals surface area contributed by atoms with Gasteiger partial charge in [0.05, 0.1) is 12.0 Å². The van der Waals surface area contributed by atoms with Gasteiger partial charge in [-0.25, -0.2) is 14.8 Å². The van der Waals surface area contributed by atoms with E-state index in [9.17, 15) is 9.59 Å². The molecule has 0 radical (unpaired) electrons. The van der Waals surface area contributed by atoms with Gasteiger partial charge in [-0.1, -0.05) is 0 Å². The van der Waals surface area contributed by atoms with E-state index in [1.807, 2.05) is 6.07 Å². The predicted octanol–water partition coefficient (Wildman–Crippen LogP) is 1.13. The molecule has 2 aromatic heterocycles. The predicted molar refractivity (Wildman–Crippen MR) is 98.0 cm³/mol. The summed E-state index contributed by atoms with van der Waals surface area (Å²) < 4.78 is 3.37. The van der Waals surface area contributed by atoms with Crippen LogP contribution in [0.3, 0.4) is 0 Å². The Kier molecular flexibility index (Phi) is 4.72. The Labute approximate surface area is 152 Å². The highest BCUT2D eigenvalue weighted by atomic mass is 16.1. The van der Waals surface area contributed by atoms with Crippen LogP contribution in [0.25, 0.3) is 0 Å². The first-order chi connectivity index (χ1) is 12.6. The van der Waals surface area contributed by atoms with Crippen LogP contribution in [-0.2, 0) is 20.1 Å². The Hall–Kier alpha value is -2.28. The lowest BCUT2D eigenvalue weighted by Gasteiger charge is -2.32. The van der Waals surface area contributed by atoms with Crippen LogP contribution < -0.4 is 11.2 Å². The Morgan fingerprint density at radius 2 is 1.88 bits per heavy atom. The van der Waals surface area contributed by atoms with E-state index in [0.29, 0.717) is 11.8 Å². The summed E-state index contributed by atoms with van der Waals surface area (Å²) in [4.78, 5) is 34.5. The minimum absolute atomic E-state index is 0.0797. The van der Waals surface area contributed by atoms with Crippen LogP contribution in [0.5, 0.6) is 0 Å². The molecule has 0 N–H and O–H groups in total. The van der Waals surface area contributed by atoms with Crippen LogP contribution in [0.4, 0.5) is 0 Å². The van der Waals surface area contributed by atoms with E-state index in [1.54, 1.807) is 34.8 Å².